The number of amides is 2. The van der Waals surface area contributed by atoms with Crippen molar-refractivity contribution in [1.82, 2.24) is 19.8 Å². The van der Waals surface area contributed by atoms with Crippen molar-refractivity contribution in [2.75, 3.05) is 6.54 Å². The van der Waals surface area contributed by atoms with Gasteiger partial charge in [-0.2, -0.15) is 0 Å². The van der Waals surface area contributed by atoms with Gasteiger partial charge in [0, 0.05) is 31.0 Å². The molecule has 1 aromatic heterocycles. The predicted octanol–water partition coefficient (Wildman–Crippen LogP) is 4.27. The molecule has 146 valence electrons. The van der Waals surface area contributed by atoms with E-state index in [1.807, 2.05) is 38.1 Å². The minimum absolute atomic E-state index is 0.00399. The van der Waals surface area contributed by atoms with Crippen LogP contribution in [0.1, 0.15) is 56.1 Å². The maximum atomic E-state index is 12.8. The Hall–Kier alpha value is -2.30. The highest BCUT2D eigenvalue weighted by Crippen LogP contribution is 2.30. The Bertz CT molecular complexity index is 799. The van der Waals surface area contributed by atoms with Gasteiger partial charge in [-0.3, -0.25) is 0 Å². The molecule has 27 heavy (non-hydrogen) atoms. The van der Waals surface area contributed by atoms with Crippen molar-refractivity contribution < 1.29 is 4.79 Å². The summed E-state index contributed by atoms with van der Waals surface area (Å²) < 4.78 is 2.16. The normalized spacial score (nSPS) is 14.3. The predicted molar refractivity (Wildman–Crippen MR) is 109 cm³/mol. The van der Waals surface area contributed by atoms with Crippen molar-refractivity contribution in [2.45, 2.75) is 66.1 Å². The molecule has 1 fully saturated rings. The third kappa shape index (κ3) is 5.59. The van der Waals surface area contributed by atoms with Crippen LogP contribution >= 0.6 is 0 Å². The molecule has 0 radical (unpaired) electrons. The summed E-state index contributed by atoms with van der Waals surface area (Å²) in [6, 6.07) is 6.53. The molecule has 3 rings (SSSR count). The molecule has 2 amide bonds. The lowest BCUT2D eigenvalue weighted by Crippen LogP contribution is -2.49. The lowest BCUT2D eigenvalue weighted by atomic mass is 10.1. The number of carbonyl (C=O) groups excluding carboxylic acids is 1. The number of carbonyl (C=O) groups is 1. The first-order chi connectivity index (χ1) is 12.7. The standard InChI is InChI=1S/C22H32N4O/c1-16-6-7-17(2)19(12-16)14-25-11-10-23-20(25)15-26(13-18-8-9-18)21(27)24-22(3,4)5/h6-7,10-12,18H,8-9,13-15H2,1-5H3,(H,24,27). The summed E-state index contributed by atoms with van der Waals surface area (Å²) in [6.45, 7) is 12.4. The average Bonchev–Trinajstić information content (AvgIpc) is 3.28. The van der Waals surface area contributed by atoms with Gasteiger partial charge in [0.1, 0.15) is 5.82 Å². The van der Waals surface area contributed by atoms with Crippen molar-refractivity contribution in [3.8, 4) is 0 Å². The van der Waals surface area contributed by atoms with Crippen molar-refractivity contribution in [3.63, 3.8) is 0 Å². The molecule has 1 aromatic carbocycles. The fourth-order valence-corrected chi connectivity index (χ4v) is 3.19. The number of rotatable bonds is 6. The van der Waals surface area contributed by atoms with Crippen LogP contribution in [-0.4, -0.2) is 32.6 Å². The number of aryl methyl sites for hydroxylation is 2. The highest BCUT2D eigenvalue weighted by atomic mass is 16.2. The number of hydrogen-bond donors (Lipinski definition) is 1. The van der Waals surface area contributed by atoms with Gasteiger partial charge < -0.3 is 14.8 Å². The summed E-state index contributed by atoms with van der Waals surface area (Å²) in [5, 5.41) is 3.10. The Balaban J connectivity index is 1.76. The molecular weight excluding hydrogens is 336 g/mol. The molecule has 5 heteroatoms. The monoisotopic (exact) mass is 368 g/mol. The minimum atomic E-state index is -0.243. The highest BCUT2D eigenvalue weighted by molar-refractivity contribution is 5.74. The third-order valence-corrected chi connectivity index (χ3v) is 4.92. The van der Waals surface area contributed by atoms with Gasteiger partial charge in [0.15, 0.2) is 0 Å². The Kier molecular flexibility index (Phi) is 5.59. The van der Waals surface area contributed by atoms with Gasteiger partial charge in [-0.25, -0.2) is 9.78 Å². The first-order valence-electron chi connectivity index (χ1n) is 9.84. The van der Waals surface area contributed by atoms with Crippen molar-refractivity contribution in [1.29, 1.82) is 0 Å². The van der Waals surface area contributed by atoms with Crippen LogP contribution in [0, 0.1) is 19.8 Å². The molecular formula is C22H32N4O. The zero-order chi connectivity index (χ0) is 19.6. The lowest BCUT2D eigenvalue weighted by Gasteiger charge is -2.28. The largest absolute Gasteiger partial charge is 0.333 e. The molecule has 1 aliphatic carbocycles. The maximum absolute atomic E-state index is 12.8. The molecule has 0 unspecified atom stereocenters. The molecule has 2 aromatic rings. The van der Waals surface area contributed by atoms with Gasteiger partial charge in [0.05, 0.1) is 6.54 Å². The van der Waals surface area contributed by atoms with Gasteiger partial charge >= 0.3 is 6.03 Å². The van der Waals surface area contributed by atoms with E-state index in [-0.39, 0.29) is 11.6 Å². The van der Waals surface area contributed by atoms with E-state index in [1.54, 1.807) is 0 Å². The van der Waals surface area contributed by atoms with Crippen LogP contribution in [0.15, 0.2) is 30.6 Å². The van der Waals surface area contributed by atoms with E-state index < -0.39 is 0 Å². The van der Waals surface area contributed by atoms with Crippen LogP contribution in [0.4, 0.5) is 4.79 Å². The Morgan fingerprint density at radius 1 is 1.30 bits per heavy atom. The molecule has 0 aliphatic heterocycles. The van der Waals surface area contributed by atoms with Crippen molar-refractivity contribution in [3.05, 3.63) is 53.1 Å². The highest BCUT2D eigenvalue weighted by Gasteiger charge is 2.29. The Labute approximate surface area is 162 Å². The first-order valence-corrected chi connectivity index (χ1v) is 9.84. The SMILES string of the molecule is Cc1ccc(C)c(Cn2ccnc2CN(CC2CC2)C(=O)NC(C)(C)C)c1. The van der Waals surface area contributed by atoms with Gasteiger partial charge in [-0.1, -0.05) is 23.8 Å². The van der Waals surface area contributed by atoms with E-state index in [0.29, 0.717) is 12.5 Å². The second kappa shape index (κ2) is 7.75. The summed E-state index contributed by atoms with van der Waals surface area (Å²) in [5.74, 6) is 1.57. The Morgan fingerprint density at radius 2 is 2.04 bits per heavy atom. The van der Waals surface area contributed by atoms with Gasteiger partial charge in [0.25, 0.3) is 0 Å². The third-order valence-electron chi connectivity index (χ3n) is 4.92. The second-order valence-electron chi connectivity index (χ2n) is 8.91. The van der Waals surface area contributed by atoms with Gasteiger partial charge in [-0.15, -0.1) is 0 Å². The summed E-state index contributed by atoms with van der Waals surface area (Å²) in [5.41, 5.74) is 3.59. The first kappa shape index (κ1) is 19.5. The maximum Gasteiger partial charge on any atom is 0.318 e. The van der Waals surface area contributed by atoms with E-state index in [9.17, 15) is 4.79 Å². The smallest absolute Gasteiger partial charge is 0.318 e. The fraction of sp³-hybridized carbons (Fsp3) is 0.545. The molecule has 1 heterocycles. The van der Waals surface area contributed by atoms with Crippen LogP contribution in [0.25, 0.3) is 0 Å². The Morgan fingerprint density at radius 3 is 2.70 bits per heavy atom. The van der Waals surface area contributed by atoms with Crippen LogP contribution in [-0.2, 0) is 13.1 Å². The molecule has 0 spiro atoms. The van der Waals surface area contributed by atoms with Crippen LogP contribution < -0.4 is 5.32 Å². The topological polar surface area (TPSA) is 50.2 Å². The van der Waals surface area contributed by atoms with Crippen molar-refractivity contribution in [2.24, 2.45) is 5.92 Å². The molecule has 0 bridgehead atoms. The van der Waals surface area contributed by atoms with E-state index in [2.05, 4.69) is 46.9 Å². The van der Waals surface area contributed by atoms with E-state index in [4.69, 9.17) is 0 Å². The zero-order valence-corrected chi connectivity index (χ0v) is 17.2. The summed E-state index contributed by atoms with van der Waals surface area (Å²) in [7, 11) is 0. The van der Waals surface area contributed by atoms with Crippen LogP contribution in [0.5, 0.6) is 0 Å². The molecule has 1 saturated carbocycles. The summed E-state index contributed by atoms with van der Waals surface area (Å²) in [6.07, 6.45) is 6.28. The van der Waals surface area contributed by atoms with E-state index in [1.165, 1.54) is 29.5 Å². The number of aromatic nitrogens is 2. The number of imidazole rings is 1. The average molecular weight is 369 g/mol. The number of hydrogen-bond acceptors (Lipinski definition) is 2. The molecule has 1 aliphatic rings. The number of nitrogens with zero attached hydrogens (tertiary/aromatic N) is 3. The van der Waals surface area contributed by atoms with Gasteiger partial charge in [0.2, 0.25) is 0 Å². The van der Waals surface area contributed by atoms with Crippen molar-refractivity contribution >= 4 is 6.03 Å². The van der Waals surface area contributed by atoms with E-state index >= 15 is 0 Å². The zero-order valence-electron chi connectivity index (χ0n) is 17.2. The van der Waals surface area contributed by atoms with Crippen LogP contribution in [0.3, 0.4) is 0 Å². The molecule has 5 nitrogen and oxygen atoms in total. The summed E-state index contributed by atoms with van der Waals surface area (Å²) in [4.78, 5) is 19.3. The van der Waals surface area contributed by atoms with Crippen LogP contribution in [0.2, 0.25) is 0 Å². The number of nitrogens with one attached hydrogen (secondary N) is 1. The molecule has 0 saturated heterocycles. The minimum Gasteiger partial charge on any atom is -0.333 e. The molecule has 0 atom stereocenters. The quantitative estimate of drug-likeness (QED) is 0.828. The van der Waals surface area contributed by atoms with Gasteiger partial charge in [-0.05, 0) is 64.5 Å². The number of benzene rings is 1. The van der Waals surface area contributed by atoms with E-state index in [0.717, 1.165) is 18.9 Å². The summed E-state index contributed by atoms with van der Waals surface area (Å²) >= 11 is 0. The lowest BCUT2D eigenvalue weighted by molar-refractivity contribution is 0.181. The second-order valence-corrected chi connectivity index (χ2v) is 8.91. The number of urea groups is 1. The molecule has 1 N–H and O–H groups in total. The fourth-order valence-electron chi connectivity index (χ4n) is 3.19.